The number of anilines is 4. The summed E-state index contributed by atoms with van der Waals surface area (Å²) < 4.78 is 0. The lowest BCUT2D eigenvalue weighted by molar-refractivity contribution is 0.0697. The molecule has 0 fully saturated rings. The van der Waals surface area contributed by atoms with Crippen molar-refractivity contribution in [2.24, 2.45) is 23.2 Å². The van der Waals surface area contributed by atoms with Gasteiger partial charge >= 0.3 is 18.0 Å². The quantitative estimate of drug-likeness (QED) is 0.196. The van der Waals surface area contributed by atoms with Gasteiger partial charge in [-0.05, 0) is 12.1 Å². The molecule has 3 rings (SSSR count). The van der Waals surface area contributed by atoms with Gasteiger partial charge in [-0.15, -0.1) is 0 Å². The Morgan fingerprint density at radius 2 is 1.61 bits per heavy atom. The number of hydrogen-bond acceptors (Lipinski definition) is 10. The maximum Gasteiger partial charge on any atom is 0.337 e. The highest BCUT2D eigenvalue weighted by atomic mass is 16.4. The molecule has 0 radical (unpaired) electrons. The molecular formula is C16H17N11O4. The van der Waals surface area contributed by atoms with Crippen molar-refractivity contribution < 1.29 is 19.5 Å². The fourth-order valence-electron chi connectivity index (χ4n) is 2.58. The maximum absolute atomic E-state index is 11.6. The molecule has 31 heavy (non-hydrogen) atoms. The van der Waals surface area contributed by atoms with Crippen LogP contribution in [0.25, 0.3) is 11.2 Å². The fraction of sp³-hybridized carbons (Fsp3) is 0.0625. The minimum Gasteiger partial charge on any atom is -0.478 e. The number of benzene rings is 1. The number of carbonyl (C=O) groups is 3. The standard InChI is InChI=1S/C16H17N11O4/c1-25(8-5-3-2-4-7(8)13(28)29)9-6-21-11-10(22-9)12(26(19)14(17)30)24-16(23-11)27(20)15(18)31/h2-6H,19-20H2,1H3,(H2,17,30)(H2,18,31)(H,28,29). The normalized spacial score (nSPS) is 10.5. The van der Waals surface area contributed by atoms with Crippen molar-refractivity contribution in [1.29, 1.82) is 0 Å². The van der Waals surface area contributed by atoms with Gasteiger partial charge in [0.2, 0.25) is 0 Å². The molecule has 0 bridgehead atoms. The number of rotatable bonds is 5. The molecule has 15 nitrogen and oxygen atoms in total. The van der Waals surface area contributed by atoms with Crippen LogP contribution in [0.5, 0.6) is 0 Å². The number of carboxylic acids is 1. The Bertz CT molecular complexity index is 1200. The first-order valence-corrected chi connectivity index (χ1v) is 8.41. The van der Waals surface area contributed by atoms with E-state index in [1.165, 1.54) is 17.2 Å². The van der Waals surface area contributed by atoms with Crippen LogP contribution in [0, 0.1) is 0 Å². The van der Waals surface area contributed by atoms with Crippen molar-refractivity contribution in [1.82, 2.24) is 19.9 Å². The van der Waals surface area contributed by atoms with Crippen molar-refractivity contribution in [2.45, 2.75) is 0 Å². The second-order valence-electron chi connectivity index (χ2n) is 6.05. The van der Waals surface area contributed by atoms with Crippen LogP contribution >= 0.6 is 0 Å². The van der Waals surface area contributed by atoms with E-state index in [4.69, 9.17) is 23.2 Å². The maximum atomic E-state index is 11.6. The van der Waals surface area contributed by atoms with Crippen molar-refractivity contribution >= 4 is 52.5 Å². The number of amides is 4. The number of fused-ring (bicyclic) bond motifs is 1. The lowest BCUT2D eigenvalue weighted by Crippen LogP contribution is -2.45. The largest absolute Gasteiger partial charge is 0.478 e. The molecule has 1 aromatic carbocycles. The molecule has 3 aromatic rings. The molecule has 0 aliphatic rings. The van der Waals surface area contributed by atoms with Crippen LogP contribution in [0.3, 0.4) is 0 Å². The van der Waals surface area contributed by atoms with Crippen molar-refractivity contribution in [3.63, 3.8) is 0 Å². The zero-order chi connectivity index (χ0) is 22.9. The predicted octanol–water partition coefficient (Wildman–Crippen LogP) is -0.596. The topological polar surface area (TPSA) is 237 Å². The van der Waals surface area contributed by atoms with E-state index >= 15 is 0 Å². The van der Waals surface area contributed by atoms with Crippen LogP contribution in [0.2, 0.25) is 0 Å². The SMILES string of the molecule is CN(c1cnc2nc(N(N)C(N)=O)nc(N(N)C(N)=O)c2n1)c1ccccc1C(=O)O. The Morgan fingerprint density at radius 1 is 0.968 bits per heavy atom. The summed E-state index contributed by atoms with van der Waals surface area (Å²) in [5.41, 5.74) is 10.5. The zero-order valence-electron chi connectivity index (χ0n) is 16.0. The minimum absolute atomic E-state index is 0.0246. The first-order valence-electron chi connectivity index (χ1n) is 8.41. The molecule has 4 amide bonds. The molecule has 0 aliphatic carbocycles. The van der Waals surface area contributed by atoms with Crippen molar-refractivity contribution in [3.8, 4) is 0 Å². The van der Waals surface area contributed by atoms with E-state index in [9.17, 15) is 19.5 Å². The number of aromatic nitrogens is 4. The van der Waals surface area contributed by atoms with E-state index in [1.807, 2.05) is 0 Å². The van der Waals surface area contributed by atoms with Crippen LogP contribution in [-0.2, 0) is 0 Å². The Morgan fingerprint density at radius 3 is 2.23 bits per heavy atom. The van der Waals surface area contributed by atoms with Gasteiger partial charge in [-0.2, -0.15) is 15.0 Å². The number of hydrazine groups is 2. The van der Waals surface area contributed by atoms with E-state index in [0.717, 1.165) is 0 Å². The van der Waals surface area contributed by atoms with Crippen LogP contribution in [0.15, 0.2) is 30.5 Å². The second-order valence-corrected chi connectivity index (χ2v) is 6.05. The highest BCUT2D eigenvalue weighted by Crippen LogP contribution is 2.29. The predicted molar refractivity (Wildman–Crippen MR) is 109 cm³/mol. The smallest absolute Gasteiger partial charge is 0.337 e. The number of hydrogen-bond donors (Lipinski definition) is 5. The number of carboxylic acid groups (broad SMARTS) is 1. The molecule has 0 saturated heterocycles. The number of aromatic carboxylic acids is 1. The lowest BCUT2D eigenvalue weighted by atomic mass is 10.1. The molecule has 0 atom stereocenters. The molecule has 0 aliphatic heterocycles. The molecular weight excluding hydrogens is 410 g/mol. The minimum atomic E-state index is -1.14. The van der Waals surface area contributed by atoms with Gasteiger partial charge in [0.25, 0.3) is 5.95 Å². The number of urea groups is 2. The van der Waals surface area contributed by atoms with E-state index in [2.05, 4.69) is 19.9 Å². The van der Waals surface area contributed by atoms with E-state index < -0.39 is 24.0 Å². The summed E-state index contributed by atoms with van der Waals surface area (Å²) in [5.74, 6) is 9.53. The third kappa shape index (κ3) is 3.93. The summed E-state index contributed by atoms with van der Waals surface area (Å²) in [5, 5.41) is 10.3. The van der Waals surface area contributed by atoms with Gasteiger partial charge in [-0.25, -0.2) is 41.0 Å². The monoisotopic (exact) mass is 427 g/mol. The number of para-hydroxylation sites is 1. The summed E-state index contributed by atoms with van der Waals surface area (Å²) in [6.45, 7) is 0. The molecule has 0 spiro atoms. The van der Waals surface area contributed by atoms with Gasteiger partial charge in [-0.3, -0.25) is 0 Å². The van der Waals surface area contributed by atoms with Gasteiger partial charge in [0.05, 0.1) is 17.4 Å². The summed E-state index contributed by atoms with van der Waals surface area (Å²) in [6, 6.07) is 4.07. The van der Waals surface area contributed by atoms with E-state index in [0.29, 0.717) is 15.7 Å². The Labute approximate surface area is 173 Å². The molecule has 15 heteroatoms. The van der Waals surface area contributed by atoms with Crippen LogP contribution in [-0.4, -0.2) is 50.1 Å². The van der Waals surface area contributed by atoms with Crippen molar-refractivity contribution in [2.75, 3.05) is 22.0 Å². The molecule has 0 saturated carbocycles. The Balaban J connectivity index is 2.20. The number of nitrogens with zero attached hydrogens (tertiary/aromatic N) is 7. The summed E-state index contributed by atoms with van der Waals surface area (Å²) in [7, 11) is 1.57. The van der Waals surface area contributed by atoms with Gasteiger partial charge in [-0.1, -0.05) is 12.1 Å². The summed E-state index contributed by atoms with van der Waals surface area (Å²) >= 11 is 0. The van der Waals surface area contributed by atoms with Gasteiger partial charge in [0, 0.05) is 7.05 Å². The highest BCUT2D eigenvalue weighted by molar-refractivity contribution is 5.98. The first kappa shape index (κ1) is 21.1. The molecule has 9 N–H and O–H groups in total. The number of carbonyl (C=O) groups excluding carboxylic acids is 2. The first-order chi connectivity index (χ1) is 14.6. The summed E-state index contributed by atoms with van der Waals surface area (Å²) in [6.07, 6.45) is 1.29. The second kappa shape index (κ2) is 8.01. The fourth-order valence-corrected chi connectivity index (χ4v) is 2.58. The number of primary amides is 2. The third-order valence-electron chi connectivity index (χ3n) is 4.12. The lowest BCUT2D eigenvalue weighted by Gasteiger charge is -2.21. The van der Waals surface area contributed by atoms with Gasteiger partial charge < -0.3 is 21.5 Å². The van der Waals surface area contributed by atoms with Gasteiger partial charge in [0.15, 0.2) is 22.8 Å². The van der Waals surface area contributed by atoms with Gasteiger partial charge in [0.1, 0.15) is 0 Å². The highest BCUT2D eigenvalue weighted by Gasteiger charge is 2.23. The Kier molecular flexibility index (Phi) is 5.45. The molecule has 2 aromatic heterocycles. The van der Waals surface area contributed by atoms with Crippen LogP contribution in [0.1, 0.15) is 10.4 Å². The van der Waals surface area contributed by atoms with E-state index in [1.54, 1.807) is 25.2 Å². The van der Waals surface area contributed by atoms with Crippen LogP contribution < -0.4 is 38.1 Å². The summed E-state index contributed by atoms with van der Waals surface area (Å²) in [4.78, 5) is 52.4. The number of nitrogens with two attached hydrogens (primary N) is 4. The molecule has 160 valence electrons. The Hall–Kier alpha value is -4.63. The zero-order valence-corrected chi connectivity index (χ0v) is 16.0. The molecule has 0 unspecified atom stereocenters. The average molecular weight is 427 g/mol. The van der Waals surface area contributed by atoms with Crippen molar-refractivity contribution in [3.05, 3.63) is 36.0 Å². The van der Waals surface area contributed by atoms with E-state index in [-0.39, 0.29) is 28.4 Å². The average Bonchev–Trinajstić information content (AvgIpc) is 2.76. The third-order valence-corrected chi connectivity index (χ3v) is 4.12. The molecule has 2 heterocycles. The van der Waals surface area contributed by atoms with Crippen LogP contribution in [0.4, 0.5) is 32.9 Å².